The molecule has 244 valence electrons. The van der Waals surface area contributed by atoms with E-state index in [1.807, 2.05) is 41.5 Å². The number of ketones is 1. The molecule has 3 aromatic rings. The Balaban J connectivity index is 1.25. The zero-order valence-corrected chi connectivity index (χ0v) is 27.3. The number of aromatic nitrogens is 2. The van der Waals surface area contributed by atoms with E-state index < -0.39 is 29.5 Å². The molecule has 10 nitrogen and oxygen atoms in total. The Kier molecular flexibility index (Phi) is 8.14. The Morgan fingerprint density at radius 2 is 1.83 bits per heavy atom. The summed E-state index contributed by atoms with van der Waals surface area (Å²) in [5, 5.41) is 0.660. The molecule has 1 aliphatic carbocycles. The molecule has 1 aromatic carbocycles. The van der Waals surface area contributed by atoms with Crippen molar-refractivity contribution in [2.45, 2.75) is 84.5 Å². The van der Waals surface area contributed by atoms with Crippen molar-refractivity contribution in [1.82, 2.24) is 24.3 Å². The standard InChI is InChI=1S/C35H42FN5O5/c1-7-39(20(2)3)32(43)26-15-23(36)9-11-28(26)40-19-27(25-12-13-37-16-29(25)40)31(42)22-17-38(18-22)33(44)30-21-8-10-24(14-21)41(30)34(45)46-35(4,5)6/h9,11-13,15-16,19-22,24,30H,7-8,10,14,17-18H2,1-6H3/t21-,24+,30-/m0/s1. The number of amides is 3. The van der Waals surface area contributed by atoms with Crippen molar-refractivity contribution in [2.24, 2.45) is 11.8 Å². The first kappa shape index (κ1) is 31.7. The number of fused-ring (bicyclic) bond motifs is 3. The number of carbonyl (C=O) groups is 4. The summed E-state index contributed by atoms with van der Waals surface area (Å²) in [5.41, 5.74) is 1.04. The van der Waals surface area contributed by atoms with Crippen LogP contribution in [0.25, 0.3) is 16.6 Å². The fourth-order valence-corrected chi connectivity index (χ4v) is 7.37. The Labute approximate surface area is 268 Å². The van der Waals surface area contributed by atoms with Gasteiger partial charge in [0.05, 0.1) is 28.9 Å². The number of benzene rings is 1. The average Bonchev–Trinajstić information content (AvgIpc) is 3.69. The first-order valence-corrected chi connectivity index (χ1v) is 16.2. The average molecular weight is 632 g/mol. The van der Waals surface area contributed by atoms with Gasteiger partial charge in [-0.1, -0.05) is 0 Å². The van der Waals surface area contributed by atoms with Crippen molar-refractivity contribution in [3.05, 3.63) is 59.8 Å². The molecule has 4 heterocycles. The third-order valence-electron chi connectivity index (χ3n) is 9.55. The highest BCUT2D eigenvalue weighted by Crippen LogP contribution is 2.44. The zero-order valence-electron chi connectivity index (χ0n) is 27.3. The summed E-state index contributed by atoms with van der Waals surface area (Å²) in [6.45, 7) is 12.1. The largest absolute Gasteiger partial charge is 0.444 e. The smallest absolute Gasteiger partial charge is 0.411 e. The fourth-order valence-electron chi connectivity index (χ4n) is 7.37. The molecule has 0 unspecified atom stereocenters. The second kappa shape index (κ2) is 11.8. The maximum Gasteiger partial charge on any atom is 0.411 e. The number of halogens is 1. The molecule has 11 heteroatoms. The minimum atomic E-state index is -0.665. The summed E-state index contributed by atoms with van der Waals surface area (Å²) in [7, 11) is 0. The summed E-state index contributed by atoms with van der Waals surface area (Å²) in [4.78, 5) is 63.6. The van der Waals surface area contributed by atoms with E-state index >= 15 is 0 Å². The zero-order chi connectivity index (χ0) is 33.1. The van der Waals surface area contributed by atoms with E-state index in [0.717, 1.165) is 19.3 Å². The maximum absolute atomic E-state index is 14.5. The van der Waals surface area contributed by atoms with Crippen LogP contribution in [-0.4, -0.2) is 91.3 Å². The lowest BCUT2D eigenvalue weighted by Crippen LogP contribution is -2.61. The number of rotatable bonds is 7. The van der Waals surface area contributed by atoms with Crippen LogP contribution in [0.3, 0.4) is 0 Å². The van der Waals surface area contributed by atoms with Gasteiger partial charge in [-0.25, -0.2) is 9.18 Å². The minimum absolute atomic E-state index is 0.000390. The molecule has 0 N–H and O–H groups in total. The highest BCUT2D eigenvalue weighted by atomic mass is 19.1. The Hall–Kier alpha value is -4.28. The highest BCUT2D eigenvalue weighted by Gasteiger charge is 2.54. The number of piperidine rings is 1. The molecule has 2 aliphatic heterocycles. The SMILES string of the molecule is CCN(C(=O)c1cc(F)ccc1-n1cc(C(=O)C2CN(C(=O)[C@@H]3[C@H]4CC[C@H](C4)N3C(=O)OC(C)(C)C)C2)c2ccncc21)C(C)C. The Bertz CT molecular complexity index is 1700. The van der Waals surface area contributed by atoms with Crippen LogP contribution < -0.4 is 0 Å². The predicted molar refractivity (Wildman–Crippen MR) is 170 cm³/mol. The lowest BCUT2D eigenvalue weighted by molar-refractivity contribution is -0.143. The van der Waals surface area contributed by atoms with Gasteiger partial charge in [0.2, 0.25) is 5.91 Å². The van der Waals surface area contributed by atoms with Crippen molar-refractivity contribution < 1.29 is 28.3 Å². The second-order valence-corrected chi connectivity index (χ2v) is 14.0. The molecule has 0 radical (unpaired) electrons. The molecule has 0 spiro atoms. The van der Waals surface area contributed by atoms with Gasteiger partial charge >= 0.3 is 6.09 Å². The topological polar surface area (TPSA) is 105 Å². The van der Waals surface area contributed by atoms with E-state index in [1.165, 1.54) is 12.1 Å². The number of ether oxygens (including phenoxy) is 1. The molecule has 3 amide bonds. The van der Waals surface area contributed by atoms with Crippen molar-refractivity contribution in [2.75, 3.05) is 19.6 Å². The minimum Gasteiger partial charge on any atom is -0.444 e. The van der Waals surface area contributed by atoms with Crippen LogP contribution in [0, 0.1) is 17.7 Å². The van der Waals surface area contributed by atoms with Gasteiger partial charge in [-0.3, -0.25) is 24.3 Å². The van der Waals surface area contributed by atoms with Crippen LogP contribution >= 0.6 is 0 Å². The molecule has 1 saturated carbocycles. The van der Waals surface area contributed by atoms with Gasteiger partial charge in [0.15, 0.2) is 5.78 Å². The van der Waals surface area contributed by atoms with Gasteiger partial charge in [-0.2, -0.15) is 0 Å². The van der Waals surface area contributed by atoms with E-state index in [0.29, 0.717) is 28.7 Å². The van der Waals surface area contributed by atoms with Crippen molar-refractivity contribution in [1.29, 1.82) is 0 Å². The van der Waals surface area contributed by atoms with E-state index in [-0.39, 0.29) is 54.3 Å². The monoisotopic (exact) mass is 631 g/mol. The van der Waals surface area contributed by atoms with Gasteiger partial charge < -0.3 is 19.1 Å². The predicted octanol–water partition coefficient (Wildman–Crippen LogP) is 5.46. The van der Waals surface area contributed by atoms with Crippen molar-refractivity contribution in [3.63, 3.8) is 0 Å². The molecule has 2 bridgehead atoms. The van der Waals surface area contributed by atoms with Gasteiger partial charge in [-0.15, -0.1) is 0 Å². The number of hydrogen-bond acceptors (Lipinski definition) is 6. The Morgan fingerprint density at radius 3 is 2.50 bits per heavy atom. The maximum atomic E-state index is 14.5. The van der Waals surface area contributed by atoms with Crippen LogP contribution in [0.2, 0.25) is 0 Å². The number of hydrogen-bond donors (Lipinski definition) is 0. The number of Topliss-reactive ketones (excluding diaryl/α,β-unsaturated/α-hetero) is 1. The normalized spacial score (nSPS) is 21.2. The molecule has 6 rings (SSSR count). The molecule has 2 aromatic heterocycles. The van der Waals surface area contributed by atoms with Crippen LogP contribution in [0.4, 0.5) is 9.18 Å². The van der Waals surface area contributed by atoms with Crippen LogP contribution in [0.1, 0.15) is 81.5 Å². The summed E-state index contributed by atoms with van der Waals surface area (Å²) < 4.78 is 21.9. The first-order valence-electron chi connectivity index (χ1n) is 16.2. The summed E-state index contributed by atoms with van der Waals surface area (Å²) >= 11 is 0. The van der Waals surface area contributed by atoms with Gasteiger partial charge in [0.25, 0.3) is 5.91 Å². The van der Waals surface area contributed by atoms with E-state index in [1.54, 1.807) is 50.0 Å². The van der Waals surface area contributed by atoms with Crippen molar-refractivity contribution in [3.8, 4) is 5.69 Å². The Morgan fingerprint density at radius 1 is 1.09 bits per heavy atom. The number of nitrogens with zero attached hydrogens (tertiary/aromatic N) is 5. The van der Waals surface area contributed by atoms with Crippen LogP contribution in [0.5, 0.6) is 0 Å². The quantitative estimate of drug-likeness (QED) is 0.321. The number of pyridine rings is 1. The van der Waals surface area contributed by atoms with E-state index in [4.69, 9.17) is 4.74 Å². The highest BCUT2D eigenvalue weighted by molar-refractivity contribution is 6.10. The molecule has 2 saturated heterocycles. The second-order valence-electron chi connectivity index (χ2n) is 14.0. The first-order chi connectivity index (χ1) is 21.8. The van der Waals surface area contributed by atoms with Crippen LogP contribution in [0.15, 0.2) is 42.9 Å². The third-order valence-corrected chi connectivity index (χ3v) is 9.55. The van der Waals surface area contributed by atoms with E-state index in [9.17, 15) is 23.6 Å². The van der Waals surface area contributed by atoms with Crippen LogP contribution in [-0.2, 0) is 9.53 Å². The molecule has 3 fully saturated rings. The van der Waals surface area contributed by atoms with Gasteiger partial charge in [-0.05, 0) is 91.0 Å². The fraction of sp³-hybridized carbons (Fsp3) is 0.514. The molecule has 3 aliphatic rings. The summed E-state index contributed by atoms with van der Waals surface area (Å²) in [6, 6.07) is 5.18. The van der Waals surface area contributed by atoms with E-state index in [2.05, 4.69) is 4.98 Å². The number of carbonyl (C=O) groups excluding carboxylic acids is 4. The molecular weight excluding hydrogens is 589 g/mol. The summed E-state index contributed by atoms with van der Waals surface area (Å²) in [5.74, 6) is -1.41. The lowest BCUT2D eigenvalue weighted by Gasteiger charge is -2.43. The molecule has 46 heavy (non-hydrogen) atoms. The van der Waals surface area contributed by atoms with Gasteiger partial charge in [0, 0.05) is 55.1 Å². The lowest BCUT2D eigenvalue weighted by atomic mass is 9.88. The summed E-state index contributed by atoms with van der Waals surface area (Å²) in [6.07, 6.45) is 7.01. The van der Waals surface area contributed by atoms with Crippen molar-refractivity contribution >= 4 is 34.6 Å². The molecular formula is C35H42FN5O5. The van der Waals surface area contributed by atoms with Gasteiger partial charge in [0.1, 0.15) is 17.5 Å². The molecule has 3 atom stereocenters. The third kappa shape index (κ3) is 5.54. The number of likely N-dealkylation sites (tertiary alicyclic amines) is 2.